The van der Waals surface area contributed by atoms with Crippen LogP contribution in [0.4, 0.5) is 17.1 Å². The largest absolute Gasteiger partial charge is 0.310 e. The SMILES string of the molecule is CC1=CC=C(C2(C)c3ccccc3-c3ccc(N(c4ccc(-c5ccccc5)cc4)c4ccccc4-c4ccccc4)cc32)CC1. The molecule has 222 valence electrons. The lowest BCUT2D eigenvalue weighted by Crippen LogP contribution is -2.25. The smallest absolute Gasteiger partial charge is 0.0540 e. The summed E-state index contributed by atoms with van der Waals surface area (Å²) in [4.78, 5) is 2.44. The van der Waals surface area contributed by atoms with Gasteiger partial charge in [-0.1, -0.05) is 145 Å². The van der Waals surface area contributed by atoms with Crippen LogP contribution in [-0.2, 0) is 5.41 Å². The van der Waals surface area contributed by atoms with Gasteiger partial charge < -0.3 is 4.90 Å². The summed E-state index contributed by atoms with van der Waals surface area (Å²) in [7, 11) is 0. The van der Waals surface area contributed by atoms with Gasteiger partial charge in [0, 0.05) is 22.4 Å². The molecule has 1 unspecified atom stereocenters. The van der Waals surface area contributed by atoms with Crippen molar-refractivity contribution in [1.29, 1.82) is 0 Å². The molecule has 6 aromatic carbocycles. The fourth-order valence-corrected chi connectivity index (χ4v) is 7.51. The number of anilines is 3. The second-order valence-electron chi connectivity index (χ2n) is 12.7. The quantitative estimate of drug-likeness (QED) is 0.186. The molecule has 1 nitrogen and oxygen atoms in total. The molecule has 0 aromatic heterocycles. The summed E-state index contributed by atoms with van der Waals surface area (Å²) in [6.45, 7) is 4.69. The molecule has 2 aliphatic carbocycles. The standard InChI is InChI=1S/C45H37N/c1-32-21-25-36(26-22-32)45(2)42-19-11-9-18-40(42)41-30-29-38(31-43(41)45)46(37-27-23-34(24-28-37)33-13-5-3-6-14-33)44-20-12-10-17-39(44)35-15-7-4-8-16-35/h3-21,23-25,27-31H,22,26H2,1-2H3. The lowest BCUT2D eigenvalue weighted by Gasteiger charge is -2.34. The molecule has 0 heterocycles. The number of hydrogen-bond acceptors (Lipinski definition) is 1. The molecule has 46 heavy (non-hydrogen) atoms. The van der Waals surface area contributed by atoms with E-state index in [-0.39, 0.29) is 5.41 Å². The van der Waals surface area contributed by atoms with Crippen LogP contribution < -0.4 is 4.90 Å². The van der Waals surface area contributed by atoms with Gasteiger partial charge in [0.15, 0.2) is 0 Å². The summed E-state index contributed by atoms with van der Waals surface area (Å²) in [5.74, 6) is 0. The molecule has 0 spiro atoms. The van der Waals surface area contributed by atoms with Crippen molar-refractivity contribution in [3.63, 3.8) is 0 Å². The van der Waals surface area contributed by atoms with Crippen LogP contribution in [0.5, 0.6) is 0 Å². The summed E-state index contributed by atoms with van der Waals surface area (Å²) in [5.41, 5.74) is 16.5. The van der Waals surface area contributed by atoms with E-state index in [1.54, 1.807) is 0 Å². The van der Waals surface area contributed by atoms with Gasteiger partial charge in [0.2, 0.25) is 0 Å². The second kappa shape index (κ2) is 11.5. The molecule has 0 radical (unpaired) electrons. The van der Waals surface area contributed by atoms with E-state index in [2.05, 4.69) is 183 Å². The number of fused-ring (bicyclic) bond motifs is 3. The molecule has 0 amide bonds. The summed E-state index contributed by atoms with van der Waals surface area (Å²) in [5, 5.41) is 0. The molecule has 6 aromatic rings. The van der Waals surface area contributed by atoms with Crippen molar-refractivity contribution in [2.45, 2.75) is 32.1 Å². The van der Waals surface area contributed by atoms with Crippen LogP contribution in [0.1, 0.15) is 37.8 Å². The van der Waals surface area contributed by atoms with E-state index in [4.69, 9.17) is 0 Å². The van der Waals surface area contributed by atoms with Gasteiger partial charge >= 0.3 is 0 Å². The molecule has 0 N–H and O–H groups in total. The fraction of sp³-hybridized carbons (Fsp3) is 0.111. The predicted molar refractivity (Wildman–Crippen MR) is 195 cm³/mol. The first-order valence-corrected chi connectivity index (χ1v) is 16.3. The Hall–Kier alpha value is -5.40. The molecular weight excluding hydrogens is 555 g/mol. The maximum absolute atomic E-state index is 2.47. The predicted octanol–water partition coefficient (Wildman–Crippen LogP) is 12.4. The van der Waals surface area contributed by atoms with E-state index < -0.39 is 0 Å². The Bertz CT molecular complexity index is 2100. The number of hydrogen-bond donors (Lipinski definition) is 0. The highest BCUT2D eigenvalue weighted by Gasteiger charge is 2.42. The molecule has 2 aliphatic rings. The van der Waals surface area contributed by atoms with Crippen molar-refractivity contribution in [1.82, 2.24) is 0 Å². The molecule has 0 saturated heterocycles. The lowest BCUT2D eigenvalue weighted by molar-refractivity contribution is 0.644. The third-order valence-electron chi connectivity index (χ3n) is 10.0. The van der Waals surface area contributed by atoms with Crippen molar-refractivity contribution in [2.75, 3.05) is 4.90 Å². The number of allylic oxidation sites excluding steroid dienone is 4. The first-order chi connectivity index (χ1) is 22.6. The van der Waals surface area contributed by atoms with Crippen LogP contribution in [-0.4, -0.2) is 0 Å². The normalized spacial score (nSPS) is 16.7. The first kappa shape index (κ1) is 28.1. The van der Waals surface area contributed by atoms with Crippen molar-refractivity contribution >= 4 is 17.1 Å². The minimum Gasteiger partial charge on any atom is -0.310 e. The van der Waals surface area contributed by atoms with Crippen molar-refractivity contribution in [2.24, 2.45) is 0 Å². The van der Waals surface area contributed by atoms with Gasteiger partial charge in [-0.2, -0.15) is 0 Å². The Morgan fingerprint density at radius 3 is 1.78 bits per heavy atom. The van der Waals surface area contributed by atoms with Crippen LogP contribution >= 0.6 is 0 Å². The Labute approximate surface area is 272 Å². The van der Waals surface area contributed by atoms with Crippen LogP contribution in [0.2, 0.25) is 0 Å². The van der Waals surface area contributed by atoms with Crippen LogP contribution in [0.25, 0.3) is 33.4 Å². The highest BCUT2D eigenvalue weighted by atomic mass is 15.1. The van der Waals surface area contributed by atoms with E-state index in [0.717, 1.165) is 29.9 Å². The van der Waals surface area contributed by atoms with Crippen LogP contribution in [0, 0.1) is 0 Å². The Morgan fingerprint density at radius 2 is 1.07 bits per heavy atom. The molecule has 0 aliphatic heterocycles. The van der Waals surface area contributed by atoms with Crippen LogP contribution in [0.15, 0.2) is 175 Å². The second-order valence-corrected chi connectivity index (χ2v) is 12.7. The molecule has 1 atom stereocenters. The highest BCUT2D eigenvalue weighted by Crippen LogP contribution is 2.55. The minimum absolute atomic E-state index is 0.194. The average molecular weight is 592 g/mol. The molecule has 8 rings (SSSR count). The van der Waals surface area contributed by atoms with Gasteiger partial charge in [-0.25, -0.2) is 0 Å². The highest BCUT2D eigenvalue weighted by molar-refractivity contribution is 5.91. The van der Waals surface area contributed by atoms with E-state index >= 15 is 0 Å². The van der Waals surface area contributed by atoms with Crippen LogP contribution in [0.3, 0.4) is 0 Å². The summed E-state index contributed by atoms with van der Waals surface area (Å²) in [6.07, 6.45) is 6.91. The summed E-state index contributed by atoms with van der Waals surface area (Å²) >= 11 is 0. The fourth-order valence-electron chi connectivity index (χ4n) is 7.51. The lowest BCUT2D eigenvalue weighted by atomic mass is 9.70. The number of rotatable bonds is 6. The van der Waals surface area contributed by atoms with Gasteiger partial charge in [-0.05, 0) is 96.0 Å². The Kier molecular flexibility index (Phi) is 7.03. The maximum atomic E-state index is 2.47. The first-order valence-electron chi connectivity index (χ1n) is 16.3. The number of para-hydroxylation sites is 1. The van der Waals surface area contributed by atoms with Gasteiger partial charge in [0.25, 0.3) is 0 Å². The molecule has 1 heteroatoms. The monoisotopic (exact) mass is 591 g/mol. The molecular formula is C45H37N. The third kappa shape index (κ3) is 4.71. The number of benzene rings is 6. The van der Waals surface area contributed by atoms with Crippen molar-refractivity contribution in [3.8, 4) is 33.4 Å². The molecule has 0 bridgehead atoms. The van der Waals surface area contributed by atoms with Gasteiger partial charge in [-0.3, -0.25) is 0 Å². The molecule has 0 saturated carbocycles. The van der Waals surface area contributed by atoms with Gasteiger partial charge in [0.1, 0.15) is 0 Å². The molecule has 0 fully saturated rings. The van der Waals surface area contributed by atoms with Gasteiger partial charge in [0.05, 0.1) is 5.69 Å². The Balaban J connectivity index is 1.33. The number of nitrogens with zero attached hydrogens (tertiary/aromatic N) is 1. The van der Waals surface area contributed by atoms with E-state index in [1.807, 2.05) is 0 Å². The van der Waals surface area contributed by atoms with Gasteiger partial charge in [-0.15, -0.1) is 0 Å². The Morgan fingerprint density at radius 1 is 0.478 bits per heavy atom. The zero-order valence-electron chi connectivity index (χ0n) is 26.4. The van der Waals surface area contributed by atoms with E-state index in [9.17, 15) is 0 Å². The maximum Gasteiger partial charge on any atom is 0.0540 e. The zero-order valence-corrected chi connectivity index (χ0v) is 26.4. The zero-order chi connectivity index (χ0) is 31.1. The average Bonchev–Trinajstić information content (AvgIpc) is 3.38. The van der Waals surface area contributed by atoms with E-state index in [0.29, 0.717) is 0 Å². The minimum atomic E-state index is -0.194. The summed E-state index contributed by atoms with van der Waals surface area (Å²) < 4.78 is 0. The van der Waals surface area contributed by atoms with Crippen molar-refractivity contribution in [3.05, 3.63) is 186 Å². The third-order valence-corrected chi connectivity index (χ3v) is 10.0. The topological polar surface area (TPSA) is 3.24 Å². The summed E-state index contributed by atoms with van der Waals surface area (Å²) in [6, 6.07) is 55.3. The van der Waals surface area contributed by atoms with E-state index in [1.165, 1.54) is 55.7 Å². The van der Waals surface area contributed by atoms with Crippen molar-refractivity contribution < 1.29 is 0 Å².